The Kier molecular flexibility index (Phi) is 18.6. The van der Waals surface area contributed by atoms with Crippen molar-refractivity contribution in [2.24, 2.45) is 0 Å². The molecule has 132 heavy (non-hydrogen) atoms. The summed E-state index contributed by atoms with van der Waals surface area (Å²) in [6, 6.07) is 159. The Hall–Kier alpha value is -18.0. The van der Waals surface area contributed by atoms with Crippen molar-refractivity contribution in [3.63, 3.8) is 0 Å². The molecule has 12 nitrogen and oxygen atoms in total. The van der Waals surface area contributed by atoms with Gasteiger partial charge in [0.1, 0.15) is 0 Å². The van der Waals surface area contributed by atoms with Gasteiger partial charge < -0.3 is 22.8 Å². The second-order valence-corrected chi connectivity index (χ2v) is 33.3. The number of rotatable bonds is 12. The summed E-state index contributed by atoms with van der Waals surface area (Å²) in [4.78, 5) is 29.4. The fourth-order valence-corrected chi connectivity index (χ4v) is 20.1. The summed E-state index contributed by atoms with van der Waals surface area (Å²) < 4.78 is 13.9. The molecule has 618 valence electrons. The Morgan fingerprint density at radius 1 is 0.167 bits per heavy atom. The smallest absolute Gasteiger partial charge is 0.238 e. The Balaban J connectivity index is 0.000000107. The molecule has 12 heteroatoms. The molecule has 0 saturated heterocycles. The van der Waals surface area contributed by atoms with Crippen LogP contribution >= 0.6 is 0 Å². The third-order valence-electron chi connectivity index (χ3n) is 25.8. The van der Waals surface area contributed by atoms with Crippen LogP contribution in [0.5, 0.6) is 0 Å². The van der Waals surface area contributed by atoms with Crippen LogP contribution in [0.15, 0.2) is 474 Å². The number of nitrogens with zero attached hydrogens (tertiary/aromatic N) is 12. The highest BCUT2D eigenvalue weighted by atomic mass is 15.2. The maximum Gasteiger partial charge on any atom is 0.238 e. The molecule has 27 rings (SSSR count). The van der Waals surface area contributed by atoms with Gasteiger partial charge in [0.25, 0.3) is 0 Å². The van der Waals surface area contributed by atoms with Crippen LogP contribution in [0.4, 0.5) is 0 Å². The molecule has 0 fully saturated rings. The fourth-order valence-electron chi connectivity index (χ4n) is 20.1. The summed E-state index contributed by atoms with van der Waals surface area (Å²) in [6.07, 6.45) is 7.62. The van der Waals surface area contributed by atoms with E-state index in [1.54, 1.807) is 0 Å². The van der Waals surface area contributed by atoms with Crippen molar-refractivity contribution in [3.8, 4) is 102 Å². The summed E-state index contributed by atoms with van der Waals surface area (Å²) in [6.45, 7) is 0. The van der Waals surface area contributed by atoms with E-state index in [-0.39, 0.29) is 0 Å². The number of fused-ring (bicyclic) bond motifs is 18. The van der Waals surface area contributed by atoms with Crippen LogP contribution in [-0.4, -0.2) is 57.3 Å². The molecule has 27 aromatic rings. The van der Waals surface area contributed by atoms with Crippen molar-refractivity contribution in [1.82, 2.24) is 57.3 Å². The maximum absolute atomic E-state index is 5.11. The highest BCUT2D eigenvalue weighted by Gasteiger charge is 2.26. The van der Waals surface area contributed by atoms with E-state index in [2.05, 4.69) is 409 Å². The molecule has 10 heterocycles. The van der Waals surface area contributed by atoms with Gasteiger partial charge in [0, 0.05) is 118 Å². The van der Waals surface area contributed by atoms with Gasteiger partial charge in [-0.2, -0.15) is 9.97 Å². The molecule has 0 aliphatic carbocycles. The van der Waals surface area contributed by atoms with Gasteiger partial charge in [0.05, 0.1) is 77.2 Å². The van der Waals surface area contributed by atoms with E-state index in [1.165, 1.54) is 82.7 Å². The molecule has 0 aliphatic rings. The zero-order valence-electron chi connectivity index (χ0n) is 71.4. The topological polar surface area (TPSA) is 107 Å². The quantitative estimate of drug-likeness (QED) is 0.121. The number of hydrogen-bond acceptors (Lipinski definition) is 6. The normalized spacial score (nSPS) is 11.6. The number of para-hydroxylation sites is 7. The highest BCUT2D eigenvalue weighted by molar-refractivity contribution is 6.21. The van der Waals surface area contributed by atoms with E-state index in [9.17, 15) is 0 Å². The molecule has 0 spiro atoms. The average molecular weight is 1690 g/mol. The van der Waals surface area contributed by atoms with E-state index in [0.717, 1.165) is 132 Å². The van der Waals surface area contributed by atoms with Gasteiger partial charge >= 0.3 is 0 Å². The second-order valence-electron chi connectivity index (χ2n) is 33.3. The van der Waals surface area contributed by atoms with Gasteiger partial charge in [-0.05, 0) is 208 Å². The highest BCUT2D eigenvalue weighted by Crippen LogP contribution is 2.47. The van der Waals surface area contributed by atoms with Gasteiger partial charge in [-0.15, -0.1) is 0 Å². The molecule has 0 N–H and O–H groups in total. The molecule has 0 saturated carbocycles. The summed E-state index contributed by atoms with van der Waals surface area (Å²) in [5.41, 5.74) is 32.8. The van der Waals surface area contributed by atoms with E-state index < -0.39 is 0 Å². The monoisotopic (exact) mass is 1690 g/mol. The largest absolute Gasteiger partial charge is 0.309 e. The standard InChI is InChI=1S/C44H28N6.C41H27N3.C35H23N3/c1-4-13-29(14-5-1)42-46-43(30-15-6-2-7-16-30)48-44(47-42)50-37-21-11-10-19-34(37)41-33(20-12-22-40(41)50)31-23-24-38-35(27-31)36-28-45-26-25-39(36)49(38)32-17-8-3-9-18-32;1-3-11-28(12-4-1)29-20-23-32(24-21-29)44-37-25-22-30(27-35(37)41-39(44)19-10-26-42-41)33-16-9-18-38-40(33)34-15-7-8-17-36(34)43(38)31-13-5-2-6-14-31;1-3-11-25(12-4-1)37-30-17-8-7-15-28(30)34-27(16-9-18-32(34)37)24-20-21-31-29(23-24)35-33(19-10-22-36-35)38(31)26-13-5-2-6-14-26/h1-28H;1-27H;1-23H. The Bertz CT molecular complexity index is 9060. The average Bonchev–Trinajstić information content (AvgIpc) is 1.58. The number of benzene rings is 17. The number of aromatic nitrogens is 12. The molecule has 0 radical (unpaired) electrons. The van der Waals surface area contributed by atoms with Crippen molar-refractivity contribution in [3.05, 3.63) is 474 Å². The van der Waals surface area contributed by atoms with E-state index in [1.807, 2.05) is 97.6 Å². The van der Waals surface area contributed by atoms with Crippen molar-refractivity contribution in [1.29, 1.82) is 0 Å². The minimum absolute atomic E-state index is 0.577. The van der Waals surface area contributed by atoms with Crippen molar-refractivity contribution in [2.45, 2.75) is 0 Å². The third-order valence-corrected chi connectivity index (χ3v) is 25.8. The first-order valence-electron chi connectivity index (χ1n) is 44.5. The van der Waals surface area contributed by atoms with Crippen LogP contribution in [0.2, 0.25) is 0 Å². The molecular weight excluding hydrogens is 1610 g/mol. The number of pyridine rings is 3. The summed E-state index contributed by atoms with van der Waals surface area (Å²) in [7, 11) is 0. The summed E-state index contributed by atoms with van der Waals surface area (Å²) in [5.74, 6) is 1.84. The lowest BCUT2D eigenvalue weighted by molar-refractivity contribution is 0.953. The minimum atomic E-state index is 0.577. The molecule has 0 atom stereocenters. The molecule has 0 amide bonds. The van der Waals surface area contributed by atoms with Crippen molar-refractivity contribution in [2.75, 3.05) is 0 Å². The van der Waals surface area contributed by atoms with Crippen LogP contribution in [0.1, 0.15) is 0 Å². The first-order valence-corrected chi connectivity index (χ1v) is 44.5. The SMILES string of the molecule is c1ccc(-c2ccc(-n3c4ccc(-c5cccc6c5c5ccccc5n6-c5ccccc5)cc4c4ncccc43)cc2)cc1.c1ccc(-c2nc(-c3ccccc3)nc(-n3c4ccccc4c4c(-c5ccc6c(c5)c5cnccc5n6-c5ccccc5)cccc43)n2)cc1.c1ccc(-n2c3ccc(-c4cccc5c4c4ccccc4n5-c4ccccc4)cc3c3ncccc32)cc1. The third kappa shape index (κ3) is 12.9. The zero-order chi connectivity index (χ0) is 87.1. The van der Waals surface area contributed by atoms with Crippen LogP contribution in [0, 0.1) is 0 Å². The maximum atomic E-state index is 5.11. The Morgan fingerprint density at radius 3 is 0.886 bits per heavy atom. The molecule has 0 unspecified atom stereocenters. The molecule has 17 aromatic carbocycles. The molecular formula is C120H78N12. The predicted molar refractivity (Wildman–Crippen MR) is 545 cm³/mol. The molecule has 0 aliphatic heterocycles. The van der Waals surface area contributed by atoms with Crippen molar-refractivity contribution >= 4 is 131 Å². The lowest BCUT2D eigenvalue weighted by atomic mass is 9.98. The lowest BCUT2D eigenvalue weighted by Crippen LogP contribution is -2.06. The first kappa shape index (κ1) is 76.4. The zero-order valence-corrected chi connectivity index (χ0v) is 71.4. The van der Waals surface area contributed by atoms with Crippen LogP contribution in [0.25, 0.3) is 233 Å². The predicted octanol–water partition coefficient (Wildman–Crippen LogP) is 30.0. The van der Waals surface area contributed by atoms with Crippen LogP contribution in [-0.2, 0) is 0 Å². The van der Waals surface area contributed by atoms with E-state index in [0.29, 0.717) is 17.6 Å². The summed E-state index contributed by atoms with van der Waals surface area (Å²) >= 11 is 0. The van der Waals surface area contributed by atoms with E-state index in [4.69, 9.17) is 24.9 Å². The molecule has 0 bridgehead atoms. The van der Waals surface area contributed by atoms with Gasteiger partial charge in [0.15, 0.2) is 11.6 Å². The number of hydrogen-bond donors (Lipinski definition) is 0. The van der Waals surface area contributed by atoms with Crippen molar-refractivity contribution < 1.29 is 0 Å². The minimum Gasteiger partial charge on any atom is -0.309 e. The first-order chi connectivity index (χ1) is 65.5. The van der Waals surface area contributed by atoms with Crippen LogP contribution < -0.4 is 0 Å². The van der Waals surface area contributed by atoms with Gasteiger partial charge in [-0.25, -0.2) is 4.98 Å². The Morgan fingerprint density at radius 2 is 0.462 bits per heavy atom. The molecule has 10 aromatic heterocycles. The lowest BCUT2D eigenvalue weighted by Gasteiger charge is -2.11. The van der Waals surface area contributed by atoms with E-state index >= 15 is 0 Å². The van der Waals surface area contributed by atoms with Crippen LogP contribution in [0.3, 0.4) is 0 Å². The van der Waals surface area contributed by atoms with Gasteiger partial charge in [-0.3, -0.25) is 19.5 Å². The fraction of sp³-hybridized carbons (Fsp3) is 0. The summed E-state index contributed by atoms with van der Waals surface area (Å²) in [5, 5.41) is 11.9. The second kappa shape index (κ2) is 32.1. The Labute approximate surface area is 758 Å². The van der Waals surface area contributed by atoms with Gasteiger partial charge in [0.2, 0.25) is 5.95 Å². The van der Waals surface area contributed by atoms with Gasteiger partial charge in [-0.1, -0.05) is 285 Å².